The van der Waals surface area contributed by atoms with Gasteiger partial charge >= 0.3 is 6.03 Å². The second kappa shape index (κ2) is 8.09. The Labute approximate surface area is 166 Å². The molecule has 2 heterocycles. The third-order valence-corrected chi connectivity index (χ3v) is 6.44. The van der Waals surface area contributed by atoms with Crippen molar-refractivity contribution < 1.29 is 19.2 Å². The van der Waals surface area contributed by atoms with E-state index in [-0.39, 0.29) is 42.1 Å². The fraction of sp³-hybridized carbons (Fsp3) is 0.800. The van der Waals surface area contributed by atoms with Gasteiger partial charge in [0.1, 0.15) is 12.1 Å². The predicted octanol–water partition coefficient (Wildman–Crippen LogP) is 1.25. The van der Waals surface area contributed by atoms with Crippen molar-refractivity contribution in [1.29, 1.82) is 0 Å². The molecule has 156 valence electrons. The van der Waals surface area contributed by atoms with Crippen LogP contribution in [0, 0.1) is 11.8 Å². The maximum Gasteiger partial charge on any atom is 0.325 e. The first-order valence-electron chi connectivity index (χ1n) is 10.5. The molecule has 5 amide bonds. The second-order valence-corrected chi connectivity index (χ2v) is 8.78. The van der Waals surface area contributed by atoms with Crippen LogP contribution in [0.3, 0.4) is 0 Å². The summed E-state index contributed by atoms with van der Waals surface area (Å²) in [5.74, 6) is -0.567. The van der Waals surface area contributed by atoms with E-state index in [1.165, 1.54) is 0 Å². The molecule has 0 radical (unpaired) electrons. The van der Waals surface area contributed by atoms with E-state index >= 15 is 0 Å². The molecule has 28 heavy (non-hydrogen) atoms. The molecule has 1 saturated carbocycles. The summed E-state index contributed by atoms with van der Waals surface area (Å²) in [6.45, 7) is 6.43. The molecule has 2 N–H and O–H groups in total. The van der Waals surface area contributed by atoms with Crippen LogP contribution in [0.5, 0.6) is 0 Å². The molecule has 0 aromatic heterocycles. The zero-order chi connectivity index (χ0) is 20.5. The van der Waals surface area contributed by atoms with Gasteiger partial charge in [-0.25, -0.2) is 4.79 Å². The second-order valence-electron chi connectivity index (χ2n) is 8.78. The van der Waals surface area contributed by atoms with Gasteiger partial charge in [-0.1, -0.05) is 33.6 Å². The summed E-state index contributed by atoms with van der Waals surface area (Å²) in [5, 5.41) is 5.86. The first-order valence-corrected chi connectivity index (χ1v) is 10.5. The Morgan fingerprint density at radius 2 is 1.96 bits per heavy atom. The minimum atomic E-state index is -0.842. The van der Waals surface area contributed by atoms with Gasteiger partial charge in [-0.2, -0.15) is 0 Å². The van der Waals surface area contributed by atoms with Gasteiger partial charge in [-0.3, -0.25) is 19.3 Å². The molecule has 1 spiro atoms. The van der Waals surface area contributed by atoms with Crippen LogP contribution in [0.4, 0.5) is 4.79 Å². The fourth-order valence-corrected chi connectivity index (χ4v) is 4.56. The van der Waals surface area contributed by atoms with E-state index in [0.717, 1.165) is 37.0 Å². The van der Waals surface area contributed by atoms with Crippen LogP contribution < -0.4 is 10.6 Å². The van der Waals surface area contributed by atoms with Gasteiger partial charge in [0.05, 0.1) is 0 Å². The van der Waals surface area contributed by atoms with Gasteiger partial charge in [-0.15, -0.1) is 0 Å². The van der Waals surface area contributed by atoms with E-state index in [4.69, 9.17) is 0 Å². The van der Waals surface area contributed by atoms with Crippen molar-refractivity contribution in [3.8, 4) is 0 Å². The van der Waals surface area contributed by atoms with Crippen LogP contribution in [-0.2, 0) is 14.4 Å². The highest BCUT2D eigenvalue weighted by molar-refractivity contribution is 6.09. The van der Waals surface area contributed by atoms with Crippen molar-refractivity contribution >= 4 is 23.8 Å². The fourth-order valence-electron chi connectivity index (χ4n) is 4.56. The van der Waals surface area contributed by atoms with Gasteiger partial charge in [0.25, 0.3) is 5.91 Å². The van der Waals surface area contributed by atoms with E-state index in [0.29, 0.717) is 19.5 Å². The number of imide groups is 1. The van der Waals surface area contributed by atoms with E-state index in [1.807, 2.05) is 20.8 Å². The summed E-state index contributed by atoms with van der Waals surface area (Å²) < 4.78 is 0. The molecule has 8 heteroatoms. The highest BCUT2D eigenvalue weighted by Gasteiger charge is 2.55. The van der Waals surface area contributed by atoms with Gasteiger partial charge in [0.2, 0.25) is 11.8 Å². The van der Waals surface area contributed by atoms with Crippen LogP contribution in [-0.4, -0.2) is 64.8 Å². The Balaban J connectivity index is 1.62. The lowest BCUT2D eigenvalue weighted by atomic mass is 9.73. The SMILES string of the molecule is CC(C)C(=O)NC1CCCN(C(=O)CN2C(=O)NC3(CCCCC3C)C2=O)C1. The summed E-state index contributed by atoms with van der Waals surface area (Å²) in [5.41, 5.74) is -0.842. The molecule has 0 bridgehead atoms. The van der Waals surface area contributed by atoms with Crippen molar-refractivity contribution in [3.05, 3.63) is 0 Å². The molecule has 8 nitrogen and oxygen atoms in total. The highest BCUT2D eigenvalue weighted by atomic mass is 16.2. The standard InChI is InChI=1S/C20H32N4O4/c1-13(2)17(26)21-15-8-6-10-23(11-15)16(25)12-24-18(27)20(22-19(24)28)9-5-4-7-14(20)3/h13-15H,4-12H2,1-3H3,(H,21,26)(H,22,28). The zero-order valence-electron chi connectivity index (χ0n) is 17.1. The molecular formula is C20H32N4O4. The molecule has 3 rings (SSSR count). The summed E-state index contributed by atoms with van der Waals surface area (Å²) >= 11 is 0. The number of carbonyl (C=O) groups excluding carboxylic acids is 4. The maximum absolute atomic E-state index is 13.0. The van der Waals surface area contributed by atoms with Gasteiger partial charge in [0, 0.05) is 25.0 Å². The average molecular weight is 393 g/mol. The number of hydrogen-bond acceptors (Lipinski definition) is 4. The molecule has 3 aliphatic rings. The number of rotatable bonds is 4. The van der Waals surface area contributed by atoms with E-state index in [9.17, 15) is 19.2 Å². The van der Waals surface area contributed by atoms with Crippen molar-refractivity contribution in [1.82, 2.24) is 20.4 Å². The van der Waals surface area contributed by atoms with E-state index < -0.39 is 11.6 Å². The molecule has 3 unspecified atom stereocenters. The Hall–Kier alpha value is -2.12. The molecule has 3 atom stereocenters. The molecule has 0 aromatic carbocycles. The number of hydrogen-bond donors (Lipinski definition) is 2. The number of amides is 5. The lowest BCUT2D eigenvalue weighted by molar-refractivity contribution is -0.141. The molecule has 1 aliphatic carbocycles. The van der Waals surface area contributed by atoms with Gasteiger partial charge in [-0.05, 0) is 31.6 Å². The Morgan fingerprint density at radius 3 is 2.64 bits per heavy atom. The number of piperidine rings is 1. The van der Waals surface area contributed by atoms with E-state index in [2.05, 4.69) is 10.6 Å². The summed E-state index contributed by atoms with van der Waals surface area (Å²) in [7, 11) is 0. The molecule has 2 saturated heterocycles. The Kier molecular flexibility index (Phi) is 5.95. The van der Waals surface area contributed by atoms with Crippen LogP contribution in [0.25, 0.3) is 0 Å². The van der Waals surface area contributed by atoms with Crippen molar-refractivity contribution in [2.75, 3.05) is 19.6 Å². The number of likely N-dealkylation sites (tertiary alicyclic amines) is 1. The minimum absolute atomic E-state index is 0.0263. The smallest absolute Gasteiger partial charge is 0.325 e. The first kappa shape index (κ1) is 20.6. The van der Waals surface area contributed by atoms with Crippen molar-refractivity contribution in [3.63, 3.8) is 0 Å². The molecule has 0 aromatic rings. The summed E-state index contributed by atoms with van der Waals surface area (Å²) in [6.07, 6.45) is 5.11. The van der Waals surface area contributed by atoms with Crippen LogP contribution in [0.15, 0.2) is 0 Å². The maximum atomic E-state index is 13.0. The Bertz CT molecular complexity index is 665. The van der Waals surface area contributed by atoms with Gasteiger partial charge in [0.15, 0.2) is 0 Å². The van der Waals surface area contributed by atoms with Crippen molar-refractivity contribution in [2.45, 2.75) is 70.9 Å². The Morgan fingerprint density at radius 1 is 1.21 bits per heavy atom. The third kappa shape index (κ3) is 3.86. The first-order chi connectivity index (χ1) is 13.2. The number of urea groups is 1. The van der Waals surface area contributed by atoms with Crippen LogP contribution >= 0.6 is 0 Å². The molecule has 2 aliphatic heterocycles. The molecule has 3 fully saturated rings. The average Bonchev–Trinajstić information content (AvgIpc) is 2.89. The lowest BCUT2D eigenvalue weighted by Crippen LogP contribution is -2.55. The van der Waals surface area contributed by atoms with Crippen LogP contribution in [0.1, 0.15) is 59.3 Å². The van der Waals surface area contributed by atoms with Crippen molar-refractivity contribution in [2.24, 2.45) is 11.8 Å². The quantitative estimate of drug-likeness (QED) is 0.704. The summed E-state index contributed by atoms with van der Waals surface area (Å²) in [6, 6.07) is -0.547. The van der Waals surface area contributed by atoms with E-state index in [1.54, 1.807) is 4.90 Å². The number of nitrogens with zero attached hydrogens (tertiary/aromatic N) is 2. The lowest BCUT2D eigenvalue weighted by Gasteiger charge is -2.37. The predicted molar refractivity (Wildman–Crippen MR) is 103 cm³/mol. The zero-order valence-corrected chi connectivity index (χ0v) is 17.1. The molecular weight excluding hydrogens is 360 g/mol. The number of carbonyl (C=O) groups is 4. The monoisotopic (exact) mass is 392 g/mol. The topological polar surface area (TPSA) is 98.8 Å². The van der Waals surface area contributed by atoms with Gasteiger partial charge < -0.3 is 15.5 Å². The third-order valence-electron chi connectivity index (χ3n) is 6.44. The number of nitrogens with one attached hydrogen (secondary N) is 2. The largest absolute Gasteiger partial charge is 0.351 e. The highest BCUT2D eigenvalue weighted by Crippen LogP contribution is 2.38. The normalized spacial score (nSPS) is 30.7. The van der Waals surface area contributed by atoms with Crippen LogP contribution in [0.2, 0.25) is 0 Å². The minimum Gasteiger partial charge on any atom is -0.351 e. The summed E-state index contributed by atoms with van der Waals surface area (Å²) in [4.78, 5) is 53.0.